The first-order chi connectivity index (χ1) is 10.5. The van der Waals surface area contributed by atoms with E-state index in [2.05, 4.69) is 22.0 Å². The molecule has 2 heterocycles. The van der Waals surface area contributed by atoms with Crippen molar-refractivity contribution in [3.05, 3.63) is 43.6 Å². The molecule has 0 saturated carbocycles. The maximum Gasteiger partial charge on any atom is 0.338 e. The summed E-state index contributed by atoms with van der Waals surface area (Å²) in [6.45, 7) is 3.85. The van der Waals surface area contributed by atoms with Crippen LogP contribution in [0.1, 0.15) is 31.1 Å². The molecule has 116 valence electrons. The molecule has 0 amide bonds. The van der Waals surface area contributed by atoms with Crippen LogP contribution >= 0.6 is 27.3 Å². The van der Waals surface area contributed by atoms with Crippen LogP contribution in [0.25, 0.3) is 0 Å². The van der Waals surface area contributed by atoms with Gasteiger partial charge in [-0.05, 0) is 28.9 Å². The average Bonchev–Trinajstić information content (AvgIpc) is 2.92. The Kier molecular flexibility index (Phi) is 5.27. The minimum Gasteiger partial charge on any atom is -0.463 e. The third-order valence-corrected chi connectivity index (χ3v) is 4.94. The summed E-state index contributed by atoms with van der Waals surface area (Å²) >= 11 is 4.84. The number of carbonyl (C=O) groups excluding carboxylic acids is 1. The molecule has 0 spiro atoms. The number of esters is 1. The van der Waals surface area contributed by atoms with E-state index in [9.17, 15) is 10.1 Å². The van der Waals surface area contributed by atoms with Crippen LogP contribution in [0.3, 0.4) is 0 Å². The van der Waals surface area contributed by atoms with Crippen molar-refractivity contribution in [2.24, 2.45) is 5.73 Å². The Morgan fingerprint density at radius 2 is 2.32 bits per heavy atom. The normalized spacial score (nSPS) is 18.0. The van der Waals surface area contributed by atoms with E-state index >= 15 is 0 Å². The van der Waals surface area contributed by atoms with E-state index in [-0.39, 0.29) is 18.1 Å². The number of ether oxygens (including phenoxy) is 2. The van der Waals surface area contributed by atoms with Crippen molar-refractivity contribution >= 4 is 33.2 Å². The first-order valence-electron chi connectivity index (χ1n) is 6.75. The number of nitrogens with two attached hydrogens (primary N) is 1. The summed E-state index contributed by atoms with van der Waals surface area (Å²) in [5.74, 6) is -0.537. The molecule has 1 unspecified atom stereocenters. The summed E-state index contributed by atoms with van der Waals surface area (Å²) in [5, 5.41) is 11.3. The summed E-state index contributed by atoms with van der Waals surface area (Å²) in [7, 11) is 0. The van der Waals surface area contributed by atoms with Crippen molar-refractivity contribution in [3.8, 4) is 6.07 Å². The Morgan fingerprint density at radius 3 is 2.82 bits per heavy atom. The zero-order valence-electron chi connectivity index (χ0n) is 12.2. The summed E-state index contributed by atoms with van der Waals surface area (Å²) in [6, 6.07) is 3.93. The fourth-order valence-corrected chi connectivity index (χ4v) is 3.84. The van der Waals surface area contributed by atoms with Gasteiger partial charge in [-0.15, -0.1) is 11.3 Å². The number of allylic oxidation sites excluding steroid dienone is 2. The van der Waals surface area contributed by atoms with Gasteiger partial charge in [0.25, 0.3) is 0 Å². The fourth-order valence-electron chi connectivity index (χ4n) is 2.28. The van der Waals surface area contributed by atoms with Crippen molar-refractivity contribution in [1.82, 2.24) is 0 Å². The topological polar surface area (TPSA) is 85.3 Å². The molecule has 1 aromatic heterocycles. The Bertz CT molecular complexity index is 700. The summed E-state index contributed by atoms with van der Waals surface area (Å²) in [6.07, 6.45) is 0.483. The number of rotatable bonds is 4. The molecule has 0 bridgehead atoms. The summed E-state index contributed by atoms with van der Waals surface area (Å²) < 4.78 is 11.5. The van der Waals surface area contributed by atoms with Gasteiger partial charge in [0, 0.05) is 21.2 Å². The largest absolute Gasteiger partial charge is 0.463 e. The summed E-state index contributed by atoms with van der Waals surface area (Å²) in [5.41, 5.74) is 6.45. The van der Waals surface area contributed by atoms with Crippen molar-refractivity contribution in [1.29, 1.82) is 5.26 Å². The molecule has 2 N–H and O–H groups in total. The number of halogens is 1. The molecule has 5 nitrogen and oxygen atoms in total. The van der Waals surface area contributed by atoms with Gasteiger partial charge in [0.1, 0.15) is 17.4 Å². The number of thiophene rings is 1. The predicted octanol–water partition coefficient (Wildman–Crippen LogP) is 3.55. The van der Waals surface area contributed by atoms with Gasteiger partial charge >= 0.3 is 5.97 Å². The van der Waals surface area contributed by atoms with E-state index in [1.54, 1.807) is 6.92 Å². The molecule has 22 heavy (non-hydrogen) atoms. The van der Waals surface area contributed by atoms with Crippen LogP contribution in [0.5, 0.6) is 0 Å². The maximum absolute atomic E-state index is 12.4. The zero-order chi connectivity index (χ0) is 16.3. The number of nitriles is 1. The van der Waals surface area contributed by atoms with Crippen LogP contribution in [0.2, 0.25) is 0 Å². The minimum absolute atomic E-state index is 0.0434. The van der Waals surface area contributed by atoms with Crippen molar-refractivity contribution in [3.63, 3.8) is 0 Å². The molecule has 0 aliphatic carbocycles. The molecule has 0 saturated heterocycles. The molecule has 1 aliphatic rings. The van der Waals surface area contributed by atoms with E-state index in [4.69, 9.17) is 15.2 Å². The van der Waals surface area contributed by atoms with Gasteiger partial charge in [0.2, 0.25) is 5.88 Å². The number of hydrogen-bond donors (Lipinski definition) is 1. The van der Waals surface area contributed by atoms with Crippen LogP contribution in [0, 0.1) is 11.3 Å². The van der Waals surface area contributed by atoms with E-state index < -0.39 is 11.9 Å². The molecule has 1 aromatic rings. The predicted molar refractivity (Wildman–Crippen MR) is 86.6 cm³/mol. The Labute approximate surface area is 141 Å². The standard InChI is InChI=1S/C15H15BrN2O3S/c1-3-10-13(15(19)20-4-2)12(9(6-17)14(18)21-10)11-5-8(16)7-22-11/h5,7,12H,3-4,18H2,1-2H3. The van der Waals surface area contributed by atoms with Crippen molar-refractivity contribution in [2.45, 2.75) is 26.2 Å². The van der Waals surface area contributed by atoms with E-state index in [0.29, 0.717) is 17.8 Å². The van der Waals surface area contributed by atoms with Crippen LogP contribution < -0.4 is 5.73 Å². The lowest BCUT2D eigenvalue weighted by atomic mass is 9.87. The minimum atomic E-state index is -0.552. The highest BCUT2D eigenvalue weighted by Crippen LogP contribution is 2.43. The first-order valence-corrected chi connectivity index (χ1v) is 8.42. The molecule has 0 aromatic carbocycles. The maximum atomic E-state index is 12.4. The molecule has 0 radical (unpaired) electrons. The molecule has 1 aliphatic heterocycles. The van der Waals surface area contributed by atoms with Crippen LogP contribution in [-0.2, 0) is 14.3 Å². The lowest BCUT2D eigenvalue weighted by molar-refractivity contribution is -0.139. The third kappa shape index (κ3) is 3.03. The first kappa shape index (κ1) is 16.6. The van der Waals surface area contributed by atoms with E-state index in [1.807, 2.05) is 18.4 Å². The average molecular weight is 383 g/mol. The van der Waals surface area contributed by atoms with E-state index in [0.717, 1.165) is 9.35 Å². The highest BCUT2D eigenvalue weighted by molar-refractivity contribution is 9.10. The van der Waals surface area contributed by atoms with Crippen molar-refractivity contribution in [2.75, 3.05) is 6.61 Å². The van der Waals surface area contributed by atoms with E-state index in [1.165, 1.54) is 11.3 Å². The van der Waals surface area contributed by atoms with Gasteiger partial charge in [0.05, 0.1) is 18.1 Å². The van der Waals surface area contributed by atoms with Gasteiger partial charge in [-0.1, -0.05) is 6.92 Å². The number of hydrogen-bond acceptors (Lipinski definition) is 6. The lowest BCUT2D eigenvalue weighted by Gasteiger charge is -2.26. The van der Waals surface area contributed by atoms with Crippen LogP contribution in [-0.4, -0.2) is 12.6 Å². The molecule has 1 atom stereocenters. The van der Waals surface area contributed by atoms with Crippen LogP contribution in [0.15, 0.2) is 38.7 Å². The van der Waals surface area contributed by atoms with Crippen molar-refractivity contribution < 1.29 is 14.3 Å². The monoisotopic (exact) mass is 382 g/mol. The summed E-state index contributed by atoms with van der Waals surface area (Å²) in [4.78, 5) is 13.2. The smallest absolute Gasteiger partial charge is 0.338 e. The number of nitrogens with zero attached hydrogens (tertiary/aromatic N) is 1. The second kappa shape index (κ2) is 6.99. The molecule has 2 rings (SSSR count). The van der Waals surface area contributed by atoms with Gasteiger partial charge in [-0.3, -0.25) is 0 Å². The van der Waals surface area contributed by atoms with Gasteiger partial charge in [0.15, 0.2) is 0 Å². The molecule has 7 heteroatoms. The molecule has 0 fully saturated rings. The zero-order valence-corrected chi connectivity index (χ0v) is 14.6. The van der Waals surface area contributed by atoms with Gasteiger partial charge < -0.3 is 15.2 Å². The second-order valence-corrected chi connectivity index (χ2v) is 6.36. The van der Waals surface area contributed by atoms with Gasteiger partial charge in [-0.2, -0.15) is 5.26 Å². The number of carbonyl (C=O) groups is 1. The Hall–Kier alpha value is -1.78. The highest BCUT2D eigenvalue weighted by Gasteiger charge is 2.37. The second-order valence-electron chi connectivity index (χ2n) is 4.50. The molecular formula is C15H15BrN2O3S. The fraction of sp³-hybridized carbons (Fsp3) is 0.333. The quantitative estimate of drug-likeness (QED) is 0.804. The third-order valence-electron chi connectivity index (χ3n) is 3.19. The van der Waals surface area contributed by atoms with Crippen LogP contribution in [0.4, 0.5) is 0 Å². The molecular weight excluding hydrogens is 368 g/mol. The van der Waals surface area contributed by atoms with Gasteiger partial charge in [-0.25, -0.2) is 4.79 Å². The Balaban J connectivity index is 2.62. The highest BCUT2D eigenvalue weighted by atomic mass is 79.9. The lowest BCUT2D eigenvalue weighted by Crippen LogP contribution is -2.25. The SMILES string of the molecule is CCOC(=O)C1=C(CC)OC(N)=C(C#N)C1c1cc(Br)cs1. The Morgan fingerprint density at radius 1 is 1.59 bits per heavy atom.